The topological polar surface area (TPSA) is 84.8 Å². The molecular formula is C37H44O8. The molecule has 0 aliphatic heterocycles. The predicted octanol–water partition coefficient (Wildman–Crippen LogP) is 6.19. The number of aliphatic hydroxyl groups is 1. The second-order valence-corrected chi connectivity index (χ2v) is 10.9. The second-order valence-electron chi connectivity index (χ2n) is 10.9. The zero-order valence-electron chi connectivity index (χ0n) is 26.0. The van der Waals surface area contributed by atoms with Gasteiger partial charge in [0.15, 0.2) is 0 Å². The average molecular weight is 617 g/mol. The molecule has 0 saturated carbocycles. The molecule has 0 aliphatic rings. The molecule has 4 rings (SSSR count). The van der Waals surface area contributed by atoms with Crippen LogP contribution in [0.3, 0.4) is 0 Å². The average Bonchev–Trinajstić information content (AvgIpc) is 3.09. The fraction of sp³-hybridized carbons (Fsp3) is 0.351. The van der Waals surface area contributed by atoms with E-state index in [1.165, 1.54) is 0 Å². The minimum atomic E-state index is -0.798. The molecule has 1 unspecified atom stereocenters. The van der Waals surface area contributed by atoms with Gasteiger partial charge in [0, 0.05) is 13.2 Å². The SMILES string of the molecule is COCCOCOCC(CO)(COCc1ccccc1)COCc1cc(OCc2ccccc2)cc(OCc2ccccc2)c1. The molecule has 1 atom stereocenters. The van der Waals surface area contributed by atoms with Gasteiger partial charge in [-0.3, -0.25) is 0 Å². The van der Waals surface area contributed by atoms with Gasteiger partial charge in [0.2, 0.25) is 0 Å². The van der Waals surface area contributed by atoms with E-state index in [1.807, 2.05) is 109 Å². The number of rotatable bonds is 22. The summed E-state index contributed by atoms with van der Waals surface area (Å²) >= 11 is 0. The van der Waals surface area contributed by atoms with Crippen LogP contribution in [0.1, 0.15) is 22.3 Å². The third kappa shape index (κ3) is 12.6. The molecule has 45 heavy (non-hydrogen) atoms. The van der Waals surface area contributed by atoms with Crippen molar-refractivity contribution in [3.8, 4) is 11.5 Å². The van der Waals surface area contributed by atoms with Gasteiger partial charge in [-0.1, -0.05) is 91.0 Å². The summed E-state index contributed by atoms with van der Waals surface area (Å²) in [6, 6.07) is 35.7. The van der Waals surface area contributed by atoms with Crippen molar-refractivity contribution in [3.05, 3.63) is 131 Å². The van der Waals surface area contributed by atoms with Crippen LogP contribution in [-0.2, 0) is 50.1 Å². The fourth-order valence-corrected chi connectivity index (χ4v) is 4.49. The third-order valence-corrected chi connectivity index (χ3v) is 6.98. The first-order valence-electron chi connectivity index (χ1n) is 15.1. The molecule has 0 bridgehead atoms. The van der Waals surface area contributed by atoms with Gasteiger partial charge in [-0.15, -0.1) is 0 Å². The van der Waals surface area contributed by atoms with Crippen LogP contribution in [0.4, 0.5) is 0 Å². The van der Waals surface area contributed by atoms with Crippen LogP contribution in [-0.4, -0.2) is 58.7 Å². The van der Waals surface area contributed by atoms with E-state index in [0.29, 0.717) is 44.5 Å². The van der Waals surface area contributed by atoms with Crippen LogP contribution < -0.4 is 9.47 Å². The Bertz CT molecular complexity index is 1270. The highest BCUT2D eigenvalue weighted by Gasteiger charge is 2.31. The van der Waals surface area contributed by atoms with Crippen molar-refractivity contribution in [2.45, 2.75) is 26.4 Å². The highest BCUT2D eigenvalue weighted by atomic mass is 16.7. The summed E-state index contributed by atoms with van der Waals surface area (Å²) in [6.07, 6.45) is 0. The van der Waals surface area contributed by atoms with Crippen molar-refractivity contribution in [2.24, 2.45) is 5.41 Å². The zero-order chi connectivity index (χ0) is 31.4. The predicted molar refractivity (Wildman–Crippen MR) is 172 cm³/mol. The lowest BCUT2D eigenvalue weighted by Crippen LogP contribution is -2.41. The quantitative estimate of drug-likeness (QED) is 0.0827. The Hall–Kier alpha value is -3.76. The maximum Gasteiger partial charge on any atom is 0.146 e. The maximum atomic E-state index is 10.5. The van der Waals surface area contributed by atoms with Gasteiger partial charge in [0.05, 0.1) is 58.3 Å². The van der Waals surface area contributed by atoms with E-state index in [-0.39, 0.29) is 39.8 Å². The number of methoxy groups -OCH3 is 1. The lowest BCUT2D eigenvalue weighted by Gasteiger charge is -2.31. The number of hydrogen-bond donors (Lipinski definition) is 1. The molecule has 0 heterocycles. The van der Waals surface area contributed by atoms with Crippen molar-refractivity contribution in [3.63, 3.8) is 0 Å². The number of hydrogen-bond acceptors (Lipinski definition) is 8. The van der Waals surface area contributed by atoms with Crippen LogP contribution in [0.5, 0.6) is 11.5 Å². The zero-order valence-corrected chi connectivity index (χ0v) is 26.0. The maximum absolute atomic E-state index is 10.5. The smallest absolute Gasteiger partial charge is 0.146 e. The van der Waals surface area contributed by atoms with E-state index in [4.69, 9.17) is 33.2 Å². The van der Waals surface area contributed by atoms with E-state index in [1.54, 1.807) is 7.11 Å². The summed E-state index contributed by atoms with van der Waals surface area (Å²) in [4.78, 5) is 0. The summed E-state index contributed by atoms with van der Waals surface area (Å²) < 4.78 is 40.8. The Balaban J connectivity index is 1.41. The molecule has 0 aliphatic carbocycles. The molecule has 8 nitrogen and oxygen atoms in total. The van der Waals surface area contributed by atoms with Gasteiger partial charge in [-0.25, -0.2) is 0 Å². The molecule has 0 saturated heterocycles. The van der Waals surface area contributed by atoms with Crippen molar-refractivity contribution in [1.29, 1.82) is 0 Å². The lowest BCUT2D eigenvalue weighted by atomic mass is 9.92. The monoisotopic (exact) mass is 616 g/mol. The Kier molecular flexibility index (Phi) is 14.9. The third-order valence-electron chi connectivity index (χ3n) is 6.98. The van der Waals surface area contributed by atoms with Gasteiger partial charge in [0.25, 0.3) is 0 Å². The lowest BCUT2D eigenvalue weighted by molar-refractivity contribution is -0.137. The molecule has 4 aromatic rings. The summed E-state index contributed by atoms with van der Waals surface area (Å²) in [5.41, 5.74) is 3.27. The van der Waals surface area contributed by atoms with Gasteiger partial charge in [-0.2, -0.15) is 0 Å². The van der Waals surface area contributed by atoms with E-state index >= 15 is 0 Å². The fourth-order valence-electron chi connectivity index (χ4n) is 4.49. The van der Waals surface area contributed by atoms with Crippen LogP contribution in [0.15, 0.2) is 109 Å². The van der Waals surface area contributed by atoms with Crippen molar-refractivity contribution < 1.29 is 38.3 Å². The number of benzene rings is 4. The van der Waals surface area contributed by atoms with Gasteiger partial charge in [-0.05, 0) is 34.4 Å². The molecular weight excluding hydrogens is 572 g/mol. The van der Waals surface area contributed by atoms with Crippen LogP contribution in [0.2, 0.25) is 0 Å². The normalized spacial score (nSPS) is 12.5. The van der Waals surface area contributed by atoms with Gasteiger partial charge >= 0.3 is 0 Å². The second kappa shape index (κ2) is 19.6. The van der Waals surface area contributed by atoms with Crippen molar-refractivity contribution >= 4 is 0 Å². The Labute approximate surface area is 266 Å². The summed E-state index contributed by atoms with van der Waals surface area (Å²) in [7, 11) is 1.62. The standard InChI is InChI=1S/C37H44O8/c1-39-17-18-40-30-43-29-37(26-38,27-41-22-31-11-5-2-6-12-31)28-42-23-34-19-35(44-24-32-13-7-3-8-14-32)21-36(20-34)45-25-33-15-9-4-10-16-33/h2-16,19-21,38H,17-18,22-30H2,1H3. The first-order chi connectivity index (χ1) is 22.2. The Morgan fingerprint density at radius 2 is 0.978 bits per heavy atom. The Morgan fingerprint density at radius 3 is 1.47 bits per heavy atom. The van der Waals surface area contributed by atoms with Crippen LogP contribution in [0, 0.1) is 5.41 Å². The first-order valence-corrected chi connectivity index (χ1v) is 15.1. The molecule has 0 spiro atoms. The van der Waals surface area contributed by atoms with Crippen molar-refractivity contribution in [1.82, 2.24) is 0 Å². The van der Waals surface area contributed by atoms with Crippen molar-refractivity contribution in [2.75, 3.05) is 53.5 Å². The number of ether oxygens (including phenoxy) is 7. The minimum Gasteiger partial charge on any atom is -0.489 e. The number of aliphatic hydroxyl groups excluding tert-OH is 1. The molecule has 1 N–H and O–H groups in total. The van der Waals surface area contributed by atoms with E-state index < -0.39 is 5.41 Å². The summed E-state index contributed by atoms with van der Waals surface area (Å²) in [5, 5.41) is 10.5. The molecule has 0 fully saturated rings. The summed E-state index contributed by atoms with van der Waals surface area (Å²) in [6.45, 7) is 2.96. The molecule has 4 aromatic carbocycles. The molecule has 0 amide bonds. The molecule has 8 heteroatoms. The van der Waals surface area contributed by atoms with Gasteiger partial charge < -0.3 is 38.3 Å². The molecule has 0 radical (unpaired) electrons. The summed E-state index contributed by atoms with van der Waals surface area (Å²) in [5.74, 6) is 1.36. The van der Waals surface area contributed by atoms with Crippen LogP contribution in [0.25, 0.3) is 0 Å². The highest BCUT2D eigenvalue weighted by molar-refractivity contribution is 5.38. The van der Waals surface area contributed by atoms with E-state index in [2.05, 4.69) is 0 Å². The van der Waals surface area contributed by atoms with E-state index in [0.717, 1.165) is 22.3 Å². The van der Waals surface area contributed by atoms with E-state index in [9.17, 15) is 5.11 Å². The largest absolute Gasteiger partial charge is 0.489 e. The van der Waals surface area contributed by atoms with Crippen LogP contribution >= 0.6 is 0 Å². The molecule has 0 aromatic heterocycles. The minimum absolute atomic E-state index is 0.0761. The highest BCUT2D eigenvalue weighted by Crippen LogP contribution is 2.27. The Morgan fingerprint density at radius 1 is 0.511 bits per heavy atom. The van der Waals surface area contributed by atoms with Gasteiger partial charge in [0.1, 0.15) is 31.5 Å². The molecule has 240 valence electrons. The first kappa shape index (κ1) is 34.1.